The molecule has 1 aliphatic heterocycles. The summed E-state index contributed by atoms with van der Waals surface area (Å²) < 4.78 is 38.3. The molecule has 6 nitrogen and oxygen atoms in total. The van der Waals surface area contributed by atoms with E-state index in [4.69, 9.17) is 5.11 Å². The molecule has 1 fully saturated rings. The van der Waals surface area contributed by atoms with Crippen molar-refractivity contribution >= 4 is 11.4 Å². The summed E-state index contributed by atoms with van der Waals surface area (Å²) >= 11 is 0. The van der Waals surface area contributed by atoms with E-state index in [0.29, 0.717) is 5.56 Å². The summed E-state index contributed by atoms with van der Waals surface area (Å²) in [5.74, 6) is 0. The Bertz CT molecular complexity index is 569. The summed E-state index contributed by atoms with van der Waals surface area (Å²) in [4.78, 5) is 11.8. The number of nitro groups is 1. The molecule has 2 rings (SSSR count). The number of nitrogens with zero attached hydrogens (tertiary/aromatic N) is 2. The maximum atomic E-state index is 12.8. The fraction of sp³-hybridized carbons (Fsp3) is 0.538. The van der Waals surface area contributed by atoms with Gasteiger partial charge in [0.05, 0.1) is 11.5 Å². The maximum Gasteiger partial charge on any atom is 0.417 e. The van der Waals surface area contributed by atoms with Crippen molar-refractivity contribution in [3.63, 3.8) is 0 Å². The molecule has 1 aromatic carbocycles. The predicted octanol–water partition coefficient (Wildman–Crippen LogP) is 1.98. The van der Waals surface area contributed by atoms with Crippen molar-refractivity contribution < 1.29 is 28.3 Å². The molecular formula is C13H15F3N2O4. The molecule has 0 aliphatic carbocycles. The Hall–Kier alpha value is -1.87. The second-order valence-corrected chi connectivity index (χ2v) is 5.25. The highest BCUT2D eigenvalue weighted by atomic mass is 19.4. The van der Waals surface area contributed by atoms with Crippen LogP contribution >= 0.6 is 0 Å². The molecule has 1 aliphatic rings. The molecule has 0 spiro atoms. The Labute approximate surface area is 123 Å². The number of aliphatic hydroxyl groups is 2. The number of anilines is 1. The Morgan fingerprint density at radius 3 is 2.36 bits per heavy atom. The fourth-order valence-corrected chi connectivity index (χ4v) is 2.48. The third-order valence-electron chi connectivity index (χ3n) is 3.88. The van der Waals surface area contributed by atoms with E-state index in [9.17, 15) is 28.4 Å². The summed E-state index contributed by atoms with van der Waals surface area (Å²) in [6.45, 7) is -0.650. The second kappa shape index (κ2) is 5.73. The van der Waals surface area contributed by atoms with Crippen LogP contribution in [0.4, 0.5) is 24.5 Å². The molecule has 0 amide bonds. The normalized spacial score (nSPS) is 18.3. The summed E-state index contributed by atoms with van der Waals surface area (Å²) in [6.07, 6.45) is -5.84. The predicted molar refractivity (Wildman–Crippen MR) is 71.5 cm³/mol. The average Bonchev–Trinajstić information content (AvgIpc) is 2.46. The lowest BCUT2D eigenvalue weighted by Gasteiger charge is -2.39. The van der Waals surface area contributed by atoms with Gasteiger partial charge >= 0.3 is 6.18 Å². The number of alkyl halides is 3. The lowest BCUT2D eigenvalue weighted by molar-refractivity contribution is -0.384. The lowest BCUT2D eigenvalue weighted by Crippen LogP contribution is -2.53. The zero-order valence-electron chi connectivity index (χ0n) is 11.5. The lowest BCUT2D eigenvalue weighted by atomic mass is 9.90. The first-order chi connectivity index (χ1) is 10.2. The number of hydrogen-bond donors (Lipinski definition) is 2. The Kier molecular flexibility index (Phi) is 4.30. The first-order valence-corrected chi connectivity index (χ1v) is 6.60. The third kappa shape index (κ3) is 3.00. The molecule has 0 saturated carbocycles. The van der Waals surface area contributed by atoms with E-state index in [1.807, 2.05) is 0 Å². The van der Waals surface area contributed by atoms with Gasteiger partial charge in [0.2, 0.25) is 0 Å². The van der Waals surface area contributed by atoms with Crippen molar-refractivity contribution in [1.29, 1.82) is 0 Å². The molecular weight excluding hydrogens is 305 g/mol. The second-order valence-electron chi connectivity index (χ2n) is 5.25. The van der Waals surface area contributed by atoms with Crippen LogP contribution in [-0.2, 0) is 6.61 Å². The van der Waals surface area contributed by atoms with E-state index in [-0.39, 0.29) is 31.1 Å². The van der Waals surface area contributed by atoms with Gasteiger partial charge in [-0.25, -0.2) is 0 Å². The van der Waals surface area contributed by atoms with Crippen LogP contribution in [0.3, 0.4) is 0 Å². The largest absolute Gasteiger partial charge is 0.417 e. The van der Waals surface area contributed by atoms with E-state index in [1.54, 1.807) is 0 Å². The van der Waals surface area contributed by atoms with E-state index in [0.717, 1.165) is 0 Å². The van der Waals surface area contributed by atoms with Crippen LogP contribution in [0.1, 0.15) is 18.4 Å². The van der Waals surface area contributed by atoms with Crippen LogP contribution in [0.15, 0.2) is 18.2 Å². The van der Waals surface area contributed by atoms with Crippen LogP contribution in [0.5, 0.6) is 0 Å². The number of rotatable bonds is 3. The van der Waals surface area contributed by atoms with E-state index in [1.165, 1.54) is 23.1 Å². The third-order valence-corrected chi connectivity index (χ3v) is 3.88. The van der Waals surface area contributed by atoms with Crippen LogP contribution in [-0.4, -0.2) is 40.0 Å². The molecule has 0 radical (unpaired) electrons. The number of nitro benzene ring substituents is 1. The highest BCUT2D eigenvalue weighted by Gasteiger charge is 2.54. The van der Waals surface area contributed by atoms with Gasteiger partial charge in [0, 0.05) is 32.0 Å². The highest BCUT2D eigenvalue weighted by molar-refractivity contribution is 5.64. The van der Waals surface area contributed by atoms with Crippen molar-refractivity contribution in [2.24, 2.45) is 0 Å². The number of hydrogen-bond acceptors (Lipinski definition) is 5. The number of aliphatic hydroxyl groups excluding tert-OH is 1. The first kappa shape index (κ1) is 16.5. The van der Waals surface area contributed by atoms with Crippen molar-refractivity contribution in [2.75, 3.05) is 18.0 Å². The van der Waals surface area contributed by atoms with Crippen LogP contribution < -0.4 is 4.90 Å². The molecule has 9 heteroatoms. The van der Waals surface area contributed by atoms with Gasteiger partial charge in [-0.2, -0.15) is 13.2 Å². The Balaban J connectivity index is 2.26. The number of halogens is 3. The van der Waals surface area contributed by atoms with Crippen molar-refractivity contribution in [3.8, 4) is 0 Å². The molecule has 122 valence electrons. The van der Waals surface area contributed by atoms with E-state index >= 15 is 0 Å². The quantitative estimate of drug-likeness (QED) is 0.657. The molecule has 0 atom stereocenters. The molecule has 22 heavy (non-hydrogen) atoms. The van der Waals surface area contributed by atoms with E-state index < -0.39 is 29.5 Å². The topological polar surface area (TPSA) is 86.8 Å². The summed E-state index contributed by atoms with van der Waals surface area (Å²) in [6, 6.07) is 3.99. The molecule has 0 unspecified atom stereocenters. The minimum atomic E-state index is -4.72. The number of piperidine rings is 1. The zero-order chi connectivity index (χ0) is 16.5. The van der Waals surface area contributed by atoms with Gasteiger partial charge in [0.1, 0.15) is 5.69 Å². The number of benzene rings is 1. The molecule has 2 N–H and O–H groups in total. The van der Waals surface area contributed by atoms with Gasteiger partial charge < -0.3 is 15.1 Å². The average molecular weight is 320 g/mol. The zero-order valence-corrected chi connectivity index (χ0v) is 11.5. The van der Waals surface area contributed by atoms with E-state index in [2.05, 4.69) is 0 Å². The first-order valence-electron chi connectivity index (χ1n) is 6.60. The summed E-state index contributed by atoms with van der Waals surface area (Å²) in [5.41, 5.74) is -2.42. The standard InChI is InChI=1S/C13H15F3N2O4/c14-13(15,16)12(20)3-5-17(6-4-12)11-7-9(8-19)1-2-10(11)18(21)22/h1-2,7,19-20H,3-6,8H2. The Morgan fingerprint density at radius 2 is 1.91 bits per heavy atom. The van der Waals surface area contributed by atoms with Crippen molar-refractivity contribution in [2.45, 2.75) is 31.2 Å². The Morgan fingerprint density at radius 1 is 1.32 bits per heavy atom. The minimum absolute atomic E-state index is 0.153. The van der Waals surface area contributed by atoms with Crippen LogP contribution in [0.25, 0.3) is 0 Å². The smallest absolute Gasteiger partial charge is 0.392 e. The van der Waals surface area contributed by atoms with Crippen molar-refractivity contribution in [1.82, 2.24) is 0 Å². The molecule has 1 aromatic rings. The van der Waals surface area contributed by atoms with Crippen LogP contribution in [0, 0.1) is 10.1 Å². The van der Waals surface area contributed by atoms with Gasteiger partial charge in [0.25, 0.3) is 5.69 Å². The molecule has 1 saturated heterocycles. The molecule has 1 heterocycles. The summed E-state index contributed by atoms with van der Waals surface area (Å²) in [5, 5.41) is 29.8. The molecule has 0 bridgehead atoms. The van der Waals surface area contributed by atoms with Crippen LogP contribution in [0.2, 0.25) is 0 Å². The van der Waals surface area contributed by atoms with Gasteiger partial charge in [0.15, 0.2) is 5.60 Å². The SMILES string of the molecule is O=[N+]([O-])c1ccc(CO)cc1N1CCC(O)(C(F)(F)F)CC1. The monoisotopic (exact) mass is 320 g/mol. The molecule has 0 aromatic heterocycles. The fourth-order valence-electron chi connectivity index (χ4n) is 2.48. The highest BCUT2D eigenvalue weighted by Crippen LogP contribution is 2.40. The van der Waals surface area contributed by atoms with Gasteiger partial charge in [-0.05, 0) is 17.7 Å². The van der Waals surface area contributed by atoms with Gasteiger partial charge in [-0.15, -0.1) is 0 Å². The van der Waals surface area contributed by atoms with Gasteiger partial charge in [-0.3, -0.25) is 10.1 Å². The maximum absolute atomic E-state index is 12.8. The minimum Gasteiger partial charge on any atom is -0.392 e. The van der Waals surface area contributed by atoms with Gasteiger partial charge in [-0.1, -0.05) is 0 Å². The summed E-state index contributed by atoms with van der Waals surface area (Å²) in [7, 11) is 0. The van der Waals surface area contributed by atoms with Crippen molar-refractivity contribution in [3.05, 3.63) is 33.9 Å².